The molecule has 130 valence electrons. The molecule has 7 heteroatoms. The summed E-state index contributed by atoms with van der Waals surface area (Å²) in [5.41, 5.74) is 1.98. The molecular weight excluding hydrogens is 344 g/mol. The van der Waals surface area contributed by atoms with Crippen LogP contribution in [-0.4, -0.2) is 42.3 Å². The van der Waals surface area contributed by atoms with Gasteiger partial charge in [0.15, 0.2) is 15.0 Å². The molecule has 0 aliphatic carbocycles. The highest BCUT2D eigenvalue weighted by Gasteiger charge is 2.49. The first-order valence-electron chi connectivity index (χ1n) is 8.10. The number of thioether (sulfide) groups is 1. The topological polar surface area (TPSA) is 66.8 Å². The zero-order valence-electron chi connectivity index (χ0n) is 14.1. The number of fused-ring (bicyclic) bond motifs is 1. The number of nitrogens with zero attached hydrogens (tertiary/aromatic N) is 2. The third kappa shape index (κ3) is 3.52. The van der Waals surface area contributed by atoms with Gasteiger partial charge in [-0.15, -0.1) is 0 Å². The number of hydrogen-bond donors (Lipinski definition) is 0. The molecule has 0 aromatic heterocycles. The van der Waals surface area contributed by atoms with Crippen molar-refractivity contribution in [1.82, 2.24) is 0 Å². The molecule has 2 saturated heterocycles. The van der Waals surface area contributed by atoms with Gasteiger partial charge in [-0.2, -0.15) is 4.99 Å². The second-order valence-electron chi connectivity index (χ2n) is 6.84. The second kappa shape index (κ2) is 6.52. The first-order valence-corrected chi connectivity index (χ1v) is 10.8. The van der Waals surface area contributed by atoms with Gasteiger partial charge < -0.3 is 4.90 Å². The maximum absolute atomic E-state index is 12.2. The van der Waals surface area contributed by atoms with Crippen molar-refractivity contribution in [2.45, 2.75) is 38.5 Å². The van der Waals surface area contributed by atoms with Crippen molar-refractivity contribution in [2.75, 3.05) is 16.4 Å². The minimum absolute atomic E-state index is 0.0554. The van der Waals surface area contributed by atoms with Gasteiger partial charge in [0.05, 0.1) is 17.5 Å². The lowest BCUT2D eigenvalue weighted by atomic mass is 10.1. The first-order chi connectivity index (χ1) is 11.3. The summed E-state index contributed by atoms with van der Waals surface area (Å²) < 4.78 is 24.1. The van der Waals surface area contributed by atoms with Crippen LogP contribution in [0.25, 0.3) is 0 Å². The Hall–Kier alpha value is -1.34. The zero-order valence-corrected chi connectivity index (χ0v) is 15.7. The number of hydrogen-bond acceptors (Lipinski definition) is 4. The van der Waals surface area contributed by atoms with Crippen LogP contribution in [0.3, 0.4) is 0 Å². The molecule has 0 unspecified atom stereocenters. The predicted molar refractivity (Wildman–Crippen MR) is 99.4 cm³/mol. The molecule has 0 bridgehead atoms. The Balaban J connectivity index is 1.99. The van der Waals surface area contributed by atoms with E-state index in [0.29, 0.717) is 11.6 Å². The molecule has 0 saturated carbocycles. The van der Waals surface area contributed by atoms with Crippen LogP contribution in [-0.2, 0) is 14.6 Å². The summed E-state index contributed by atoms with van der Waals surface area (Å²) in [6.45, 7) is 5.96. The molecule has 2 aliphatic heterocycles. The van der Waals surface area contributed by atoms with Gasteiger partial charge in [0.2, 0.25) is 5.91 Å². The molecule has 0 N–H and O–H groups in total. The molecule has 2 heterocycles. The third-order valence-electron chi connectivity index (χ3n) is 4.24. The summed E-state index contributed by atoms with van der Waals surface area (Å²) >= 11 is 1.43. The Kier molecular flexibility index (Phi) is 4.75. The average Bonchev–Trinajstić information content (AvgIpc) is 2.90. The molecule has 1 aromatic rings. The second-order valence-corrected chi connectivity index (χ2v) is 10.2. The van der Waals surface area contributed by atoms with Gasteiger partial charge in [0, 0.05) is 17.4 Å². The van der Waals surface area contributed by atoms with E-state index in [1.165, 1.54) is 11.8 Å². The van der Waals surface area contributed by atoms with Gasteiger partial charge in [0.25, 0.3) is 0 Å². The summed E-state index contributed by atoms with van der Waals surface area (Å²) in [7, 11) is -3.03. The maximum Gasteiger partial charge on any atom is 0.248 e. The van der Waals surface area contributed by atoms with Gasteiger partial charge in [-0.05, 0) is 24.5 Å². The molecule has 2 atom stereocenters. The molecule has 5 nitrogen and oxygen atoms in total. The third-order valence-corrected chi connectivity index (χ3v) is 7.45. The standard InChI is InChI=1S/C17H22N2O3S2/c1-11(2)8-16(20)18-17-19(13-7-5-4-6-12(13)3)14-9-24(21,22)10-15(14)23-17/h4-7,11,14-15H,8-10H2,1-3H3/t14-,15+/m1/s1. The lowest BCUT2D eigenvalue weighted by Crippen LogP contribution is -2.38. The van der Waals surface area contributed by atoms with Crippen LogP contribution in [0.4, 0.5) is 5.69 Å². The van der Waals surface area contributed by atoms with E-state index in [4.69, 9.17) is 0 Å². The van der Waals surface area contributed by atoms with Gasteiger partial charge in [0.1, 0.15) is 0 Å². The van der Waals surface area contributed by atoms with E-state index in [9.17, 15) is 13.2 Å². The normalized spacial score (nSPS) is 27.0. The number of benzene rings is 1. The highest BCUT2D eigenvalue weighted by atomic mass is 32.2. The maximum atomic E-state index is 12.2. The molecule has 3 rings (SSSR count). The van der Waals surface area contributed by atoms with Crippen LogP contribution < -0.4 is 4.90 Å². The van der Waals surface area contributed by atoms with Crippen LogP contribution in [0.5, 0.6) is 0 Å². The molecule has 1 amide bonds. The first kappa shape index (κ1) is 17.5. The van der Waals surface area contributed by atoms with Gasteiger partial charge in [-0.3, -0.25) is 4.79 Å². The van der Waals surface area contributed by atoms with Crippen molar-refractivity contribution in [2.24, 2.45) is 10.9 Å². The summed E-state index contributed by atoms with van der Waals surface area (Å²) in [4.78, 5) is 18.5. The number of carbonyl (C=O) groups is 1. The number of carbonyl (C=O) groups excluding carboxylic acids is 1. The van der Waals surface area contributed by atoms with Crippen molar-refractivity contribution in [3.8, 4) is 0 Å². The fraction of sp³-hybridized carbons (Fsp3) is 0.529. The zero-order chi connectivity index (χ0) is 17.5. The van der Waals surface area contributed by atoms with E-state index in [0.717, 1.165) is 11.3 Å². The SMILES string of the molecule is Cc1ccccc1N1C(=NC(=O)CC(C)C)S[C@H]2CS(=O)(=O)C[C@H]21. The molecule has 2 aliphatic rings. The van der Waals surface area contributed by atoms with E-state index >= 15 is 0 Å². The monoisotopic (exact) mass is 366 g/mol. The molecular formula is C17H22N2O3S2. The minimum Gasteiger partial charge on any atom is -0.315 e. The Morgan fingerprint density at radius 2 is 2.04 bits per heavy atom. The number of anilines is 1. The number of aliphatic imine (C=N–C) groups is 1. The molecule has 0 radical (unpaired) electrons. The van der Waals surface area contributed by atoms with E-state index in [1.54, 1.807) is 0 Å². The van der Waals surface area contributed by atoms with E-state index < -0.39 is 9.84 Å². The van der Waals surface area contributed by atoms with Crippen molar-refractivity contribution in [3.05, 3.63) is 29.8 Å². The summed E-state index contributed by atoms with van der Waals surface area (Å²) in [5, 5.41) is 0.583. The van der Waals surface area contributed by atoms with Crippen LogP contribution in [0, 0.1) is 12.8 Å². The lowest BCUT2D eigenvalue weighted by molar-refractivity contribution is -0.118. The van der Waals surface area contributed by atoms with Gasteiger partial charge in [-0.25, -0.2) is 8.42 Å². The summed E-state index contributed by atoms with van der Waals surface area (Å²) in [6.07, 6.45) is 0.402. The largest absolute Gasteiger partial charge is 0.315 e. The number of amides is 1. The quantitative estimate of drug-likeness (QED) is 0.823. The Labute approximate surface area is 147 Å². The van der Waals surface area contributed by atoms with Crippen LogP contribution in [0.1, 0.15) is 25.8 Å². The highest BCUT2D eigenvalue weighted by molar-refractivity contribution is 8.16. The number of rotatable bonds is 3. The van der Waals surface area contributed by atoms with Gasteiger partial charge in [-0.1, -0.05) is 43.8 Å². The van der Waals surface area contributed by atoms with Gasteiger partial charge >= 0.3 is 0 Å². The van der Waals surface area contributed by atoms with Crippen molar-refractivity contribution >= 4 is 38.4 Å². The van der Waals surface area contributed by atoms with E-state index in [2.05, 4.69) is 4.99 Å². The Morgan fingerprint density at radius 3 is 2.71 bits per heavy atom. The summed E-state index contributed by atoms with van der Waals surface area (Å²) in [5.74, 6) is 0.382. The average molecular weight is 367 g/mol. The van der Waals surface area contributed by atoms with Crippen LogP contribution >= 0.6 is 11.8 Å². The smallest absolute Gasteiger partial charge is 0.248 e. The molecule has 0 spiro atoms. The Morgan fingerprint density at radius 1 is 1.33 bits per heavy atom. The summed E-state index contributed by atoms with van der Waals surface area (Å²) in [6, 6.07) is 7.69. The Bertz CT molecular complexity index is 787. The van der Waals surface area contributed by atoms with Crippen molar-refractivity contribution < 1.29 is 13.2 Å². The number of sulfone groups is 1. The predicted octanol–water partition coefficient (Wildman–Crippen LogP) is 2.64. The van der Waals surface area contributed by atoms with E-state index in [1.807, 2.05) is 49.9 Å². The lowest BCUT2D eigenvalue weighted by Gasteiger charge is -2.26. The van der Waals surface area contributed by atoms with Crippen LogP contribution in [0.15, 0.2) is 29.3 Å². The fourth-order valence-corrected chi connectivity index (χ4v) is 7.11. The molecule has 2 fully saturated rings. The van der Waals surface area contributed by atoms with Crippen molar-refractivity contribution in [1.29, 1.82) is 0 Å². The van der Waals surface area contributed by atoms with Crippen molar-refractivity contribution in [3.63, 3.8) is 0 Å². The van der Waals surface area contributed by atoms with E-state index in [-0.39, 0.29) is 34.6 Å². The van der Waals surface area contributed by atoms with Crippen LogP contribution in [0.2, 0.25) is 0 Å². The minimum atomic E-state index is -3.03. The fourth-order valence-electron chi connectivity index (χ4n) is 3.18. The molecule has 24 heavy (non-hydrogen) atoms. The highest BCUT2D eigenvalue weighted by Crippen LogP contribution is 2.41. The molecule has 1 aromatic carbocycles. The number of aryl methyl sites for hydroxylation is 1. The number of amidine groups is 1. The number of para-hydroxylation sites is 1.